The fourth-order valence-corrected chi connectivity index (χ4v) is 3.57. The van der Waals surface area contributed by atoms with E-state index in [1.165, 1.54) is 11.3 Å². The summed E-state index contributed by atoms with van der Waals surface area (Å²) in [6, 6.07) is 10.7. The molecule has 1 aromatic heterocycles. The summed E-state index contributed by atoms with van der Waals surface area (Å²) in [5.74, 6) is 0. The fourth-order valence-electron chi connectivity index (χ4n) is 1.50. The number of rotatable bonds is 5. The predicted molar refractivity (Wildman–Crippen MR) is 74.1 cm³/mol. The maximum atomic E-state index is 11.8. The molecule has 0 spiro atoms. The molecule has 6 heteroatoms. The molecule has 96 valence electrons. The second-order valence-electron chi connectivity index (χ2n) is 3.82. The molecule has 0 unspecified atom stereocenters. The Morgan fingerprint density at radius 3 is 2.50 bits per heavy atom. The summed E-state index contributed by atoms with van der Waals surface area (Å²) in [5.41, 5.74) is 7.34. The highest BCUT2D eigenvalue weighted by atomic mass is 32.2. The average Bonchev–Trinajstić information content (AvgIpc) is 2.86. The zero-order valence-electron chi connectivity index (χ0n) is 9.67. The van der Waals surface area contributed by atoms with Gasteiger partial charge in [-0.25, -0.2) is 13.1 Å². The molecule has 0 aliphatic heterocycles. The van der Waals surface area contributed by atoms with Crippen LogP contribution in [-0.2, 0) is 16.4 Å². The van der Waals surface area contributed by atoms with Crippen molar-refractivity contribution in [2.75, 3.05) is 12.3 Å². The first-order valence-corrected chi connectivity index (χ1v) is 7.82. The maximum Gasteiger partial charge on any atom is 0.250 e. The number of hydrogen-bond donors (Lipinski definition) is 2. The minimum atomic E-state index is -3.35. The van der Waals surface area contributed by atoms with Crippen LogP contribution in [0.3, 0.4) is 0 Å². The van der Waals surface area contributed by atoms with Crippen LogP contribution >= 0.6 is 11.3 Å². The number of nitrogens with one attached hydrogen (secondary N) is 1. The minimum absolute atomic E-state index is 0.347. The molecule has 0 saturated carbocycles. The fraction of sp³-hybridized carbons (Fsp3) is 0.167. The summed E-state index contributed by atoms with van der Waals surface area (Å²) in [4.78, 5) is 0. The van der Waals surface area contributed by atoms with Crippen molar-refractivity contribution in [3.63, 3.8) is 0 Å². The number of benzene rings is 1. The van der Waals surface area contributed by atoms with E-state index in [1.54, 1.807) is 17.5 Å². The smallest absolute Gasteiger partial charge is 0.250 e. The van der Waals surface area contributed by atoms with Gasteiger partial charge in [-0.05, 0) is 35.6 Å². The first-order chi connectivity index (χ1) is 8.58. The molecule has 1 heterocycles. The van der Waals surface area contributed by atoms with Gasteiger partial charge in [-0.2, -0.15) is 0 Å². The van der Waals surface area contributed by atoms with Gasteiger partial charge >= 0.3 is 0 Å². The van der Waals surface area contributed by atoms with E-state index < -0.39 is 10.0 Å². The van der Waals surface area contributed by atoms with Crippen molar-refractivity contribution in [1.29, 1.82) is 0 Å². The Hall–Kier alpha value is -1.37. The first kappa shape index (κ1) is 13.1. The summed E-state index contributed by atoms with van der Waals surface area (Å²) in [7, 11) is -3.35. The molecule has 0 aliphatic rings. The van der Waals surface area contributed by atoms with Crippen molar-refractivity contribution < 1.29 is 8.42 Å². The van der Waals surface area contributed by atoms with E-state index in [0.717, 1.165) is 5.56 Å². The van der Waals surface area contributed by atoms with Gasteiger partial charge in [0.15, 0.2) is 0 Å². The van der Waals surface area contributed by atoms with E-state index >= 15 is 0 Å². The van der Waals surface area contributed by atoms with Crippen molar-refractivity contribution in [3.8, 4) is 0 Å². The number of hydrogen-bond acceptors (Lipinski definition) is 4. The molecule has 0 bridgehead atoms. The second-order valence-corrected chi connectivity index (χ2v) is 6.76. The van der Waals surface area contributed by atoms with Crippen molar-refractivity contribution in [2.24, 2.45) is 0 Å². The van der Waals surface area contributed by atoms with Gasteiger partial charge in [0.2, 0.25) is 10.0 Å². The molecule has 2 rings (SSSR count). The monoisotopic (exact) mass is 282 g/mol. The van der Waals surface area contributed by atoms with E-state index in [1.807, 2.05) is 24.3 Å². The molecule has 0 atom stereocenters. The molecule has 0 fully saturated rings. The van der Waals surface area contributed by atoms with Crippen molar-refractivity contribution in [3.05, 3.63) is 47.3 Å². The molecular formula is C12H14N2O2S2. The zero-order valence-corrected chi connectivity index (χ0v) is 11.3. The number of thiophene rings is 1. The van der Waals surface area contributed by atoms with Crippen LogP contribution in [0.2, 0.25) is 0 Å². The Kier molecular flexibility index (Phi) is 4.00. The molecule has 0 radical (unpaired) electrons. The van der Waals surface area contributed by atoms with E-state index in [2.05, 4.69) is 4.72 Å². The van der Waals surface area contributed by atoms with E-state index in [-0.39, 0.29) is 0 Å². The van der Waals surface area contributed by atoms with Crippen LogP contribution in [0.25, 0.3) is 0 Å². The zero-order chi connectivity index (χ0) is 13.0. The summed E-state index contributed by atoms with van der Waals surface area (Å²) in [5, 5.41) is 1.74. The van der Waals surface area contributed by atoms with Gasteiger partial charge in [-0.1, -0.05) is 18.2 Å². The van der Waals surface area contributed by atoms with Gasteiger partial charge in [0.25, 0.3) is 0 Å². The SMILES string of the molecule is Nc1ccc(CCNS(=O)(=O)c2cccs2)cc1. The summed E-state index contributed by atoms with van der Waals surface area (Å²) in [6.45, 7) is 0.379. The van der Waals surface area contributed by atoms with Gasteiger partial charge in [0, 0.05) is 12.2 Å². The second kappa shape index (κ2) is 5.51. The van der Waals surface area contributed by atoms with Crippen molar-refractivity contribution in [1.82, 2.24) is 4.72 Å². The topological polar surface area (TPSA) is 72.2 Å². The molecule has 2 aromatic rings. The highest BCUT2D eigenvalue weighted by Gasteiger charge is 2.13. The normalized spacial score (nSPS) is 11.6. The molecular weight excluding hydrogens is 268 g/mol. The van der Waals surface area contributed by atoms with E-state index in [4.69, 9.17) is 5.73 Å². The lowest BCUT2D eigenvalue weighted by molar-refractivity contribution is 0.584. The van der Waals surface area contributed by atoms with Crippen LogP contribution in [0.5, 0.6) is 0 Å². The van der Waals surface area contributed by atoms with Crippen LogP contribution in [0, 0.1) is 0 Å². The number of sulfonamides is 1. The van der Waals surface area contributed by atoms with Crippen molar-refractivity contribution in [2.45, 2.75) is 10.6 Å². The lowest BCUT2D eigenvalue weighted by Gasteiger charge is -2.05. The average molecular weight is 282 g/mol. The molecule has 0 amide bonds. The molecule has 1 aromatic carbocycles. The number of nitrogens with two attached hydrogens (primary N) is 1. The molecule has 0 saturated heterocycles. The third kappa shape index (κ3) is 3.32. The summed E-state index contributed by atoms with van der Waals surface area (Å²) >= 11 is 1.21. The maximum absolute atomic E-state index is 11.8. The molecule has 3 N–H and O–H groups in total. The van der Waals surface area contributed by atoms with Crippen LogP contribution < -0.4 is 10.5 Å². The Labute approximate surface area is 111 Å². The first-order valence-electron chi connectivity index (χ1n) is 5.45. The molecule has 0 aliphatic carbocycles. The van der Waals surface area contributed by atoms with E-state index in [9.17, 15) is 8.42 Å². The number of nitrogen functional groups attached to an aromatic ring is 1. The van der Waals surface area contributed by atoms with Gasteiger partial charge in [0.05, 0.1) is 0 Å². The Morgan fingerprint density at radius 1 is 1.17 bits per heavy atom. The quantitative estimate of drug-likeness (QED) is 0.822. The lowest BCUT2D eigenvalue weighted by atomic mass is 10.1. The Morgan fingerprint density at radius 2 is 1.89 bits per heavy atom. The Bertz CT molecular complexity index is 590. The Balaban J connectivity index is 1.91. The van der Waals surface area contributed by atoms with E-state index in [0.29, 0.717) is 22.9 Å². The molecule has 18 heavy (non-hydrogen) atoms. The van der Waals surface area contributed by atoms with Gasteiger partial charge in [0.1, 0.15) is 4.21 Å². The van der Waals surface area contributed by atoms with Gasteiger partial charge in [-0.3, -0.25) is 0 Å². The third-order valence-corrected chi connectivity index (χ3v) is 5.30. The van der Waals surface area contributed by atoms with Gasteiger partial charge in [-0.15, -0.1) is 11.3 Å². The van der Waals surface area contributed by atoms with Crippen LogP contribution in [0.4, 0.5) is 5.69 Å². The number of anilines is 1. The predicted octanol–water partition coefficient (Wildman–Crippen LogP) is 1.85. The standard InChI is InChI=1S/C12H14N2O2S2/c13-11-5-3-10(4-6-11)7-8-14-18(15,16)12-2-1-9-17-12/h1-6,9,14H,7-8,13H2. The van der Waals surface area contributed by atoms with Crippen molar-refractivity contribution >= 4 is 27.0 Å². The van der Waals surface area contributed by atoms with Crippen LogP contribution in [-0.4, -0.2) is 15.0 Å². The molecule has 4 nitrogen and oxygen atoms in total. The minimum Gasteiger partial charge on any atom is -0.399 e. The lowest BCUT2D eigenvalue weighted by Crippen LogP contribution is -2.25. The van der Waals surface area contributed by atoms with Crippen LogP contribution in [0.1, 0.15) is 5.56 Å². The summed E-state index contributed by atoms with van der Waals surface area (Å²) < 4.78 is 26.6. The summed E-state index contributed by atoms with van der Waals surface area (Å²) in [6.07, 6.45) is 0.644. The van der Waals surface area contributed by atoms with Crippen LogP contribution in [0.15, 0.2) is 46.0 Å². The third-order valence-electron chi connectivity index (χ3n) is 2.45. The highest BCUT2D eigenvalue weighted by molar-refractivity contribution is 7.91. The van der Waals surface area contributed by atoms with Gasteiger partial charge < -0.3 is 5.73 Å². The highest BCUT2D eigenvalue weighted by Crippen LogP contribution is 2.15. The largest absolute Gasteiger partial charge is 0.399 e.